The van der Waals surface area contributed by atoms with Crippen molar-refractivity contribution in [1.82, 2.24) is 9.55 Å². The van der Waals surface area contributed by atoms with E-state index < -0.39 is 0 Å². The lowest BCUT2D eigenvalue weighted by Gasteiger charge is -2.12. The van der Waals surface area contributed by atoms with Gasteiger partial charge in [0.05, 0.1) is 11.4 Å². The second kappa shape index (κ2) is 4.53. The van der Waals surface area contributed by atoms with Crippen molar-refractivity contribution in [2.45, 2.75) is 20.4 Å². The molecule has 1 heterocycles. The van der Waals surface area contributed by atoms with E-state index in [4.69, 9.17) is 5.41 Å². The molecule has 3 heteroatoms. The molecule has 1 aromatic rings. The molecule has 1 unspecified atom stereocenters. The fourth-order valence-electron chi connectivity index (χ4n) is 1.96. The van der Waals surface area contributed by atoms with E-state index in [-0.39, 0.29) is 0 Å². The van der Waals surface area contributed by atoms with Crippen molar-refractivity contribution in [2.24, 2.45) is 5.92 Å². The Kier molecular flexibility index (Phi) is 3.09. The van der Waals surface area contributed by atoms with Crippen molar-refractivity contribution in [3.05, 3.63) is 41.3 Å². The first-order valence-corrected chi connectivity index (χ1v) is 5.85. The SMILES string of the molecule is C=Cc1nc2c(n(CC)c1=N)C=CC(C)C=C2. The number of hydrogen-bond donors (Lipinski definition) is 1. The van der Waals surface area contributed by atoms with Gasteiger partial charge in [-0.05, 0) is 31.1 Å². The summed E-state index contributed by atoms with van der Waals surface area (Å²) in [5.74, 6) is 0.399. The lowest BCUT2D eigenvalue weighted by molar-refractivity contribution is 0.680. The molecule has 1 N–H and O–H groups in total. The zero-order valence-corrected chi connectivity index (χ0v) is 10.3. The minimum atomic E-state index is 0.399. The van der Waals surface area contributed by atoms with Gasteiger partial charge in [0, 0.05) is 6.54 Å². The topological polar surface area (TPSA) is 41.7 Å². The molecule has 88 valence electrons. The van der Waals surface area contributed by atoms with Gasteiger partial charge < -0.3 is 4.57 Å². The van der Waals surface area contributed by atoms with Gasteiger partial charge >= 0.3 is 0 Å². The molecule has 1 atom stereocenters. The van der Waals surface area contributed by atoms with Crippen LogP contribution in [0.5, 0.6) is 0 Å². The zero-order valence-electron chi connectivity index (χ0n) is 10.3. The van der Waals surface area contributed by atoms with Crippen LogP contribution in [0.1, 0.15) is 30.9 Å². The molecule has 2 rings (SSSR count). The summed E-state index contributed by atoms with van der Waals surface area (Å²) in [5.41, 5.74) is 2.98. The van der Waals surface area contributed by atoms with E-state index in [1.165, 1.54) is 0 Å². The lowest BCUT2D eigenvalue weighted by atomic mass is 10.2. The molecule has 17 heavy (non-hydrogen) atoms. The summed E-state index contributed by atoms with van der Waals surface area (Å²) in [5, 5.41) is 8.08. The van der Waals surface area contributed by atoms with Crippen LogP contribution in [-0.4, -0.2) is 9.55 Å². The fourth-order valence-corrected chi connectivity index (χ4v) is 1.96. The first-order chi connectivity index (χ1) is 8.17. The summed E-state index contributed by atoms with van der Waals surface area (Å²) in [6, 6.07) is 0. The Bertz CT molecular complexity index is 562. The quantitative estimate of drug-likeness (QED) is 0.829. The second-order valence-electron chi connectivity index (χ2n) is 4.14. The highest BCUT2D eigenvalue weighted by Crippen LogP contribution is 2.17. The van der Waals surface area contributed by atoms with Crippen LogP contribution in [0.2, 0.25) is 0 Å². The minimum absolute atomic E-state index is 0.399. The molecular formula is C14H17N3. The van der Waals surface area contributed by atoms with Gasteiger partial charge in [0.2, 0.25) is 0 Å². The first-order valence-electron chi connectivity index (χ1n) is 5.85. The highest BCUT2D eigenvalue weighted by Gasteiger charge is 2.10. The molecule has 1 aliphatic carbocycles. The largest absolute Gasteiger partial charge is 0.323 e. The van der Waals surface area contributed by atoms with Crippen LogP contribution < -0.4 is 5.49 Å². The summed E-state index contributed by atoms with van der Waals surface area (Å²) in [4.78, 5) is 4.47. The molecule has 0 saturated carbocycles. The molecule has 0 aliphatic heterocycles. The Morgan fingerprint density at radius 1 is 1.47 bits per heavy atom. The van der Waals surface area contributed by atoms with Crippen molar-refractivity contribution >= 4 is 18.2 Å². The van der Waals surface area contributed by atoms with Gasteiger partial charge in [-0.2, -0.15) is 0 Å². The Hall–Kier alpha value is -1.90. The Labute approximate surface area is 101 Å². The van der Waals surface area contributed by atoms with E-state index in [9.17, 15) is 0 Å². The first kappa shape index (κ1) is 11.6. The van der Waals surface area contributed by atoms with Gasteiger partial charge in [-0.1, -0.05) is 25.7 Å². The third-order valence-electron chi connectivity index (χ3n) is 2.93. The number of rotatable bonds is 2. The molecule has 0 saturated heterocycles. The Morgan fingerprint density at radius 3 is 2.82 bits per heavy atom. The van der Waals surface area contributed by atoms with Gasteiger partial charge in [0.1, 0.15) is 5.69 Å². The molecular weight excluding hydrogens is 210 g/mol. The van der Waals surface area contributed by atoms with Crippen LogP contribution >= 0.6 is 0 Å². The second-order valence-corrected chi connectivity index (χ2v) is 4.14. The maximum atomic E-state index is 8.08. The maximum Gasteiger partial charge on any atom is 0.151 e. The van der Waals surface area contributed by atoms with E-state index in [2.05, 4.69) is 36.7 Å². The van der Waals surface area contributed by atoms with Crippen LogP contribution in [0, 0.1) is 11.3 Å². The number of hydrogen-bond acceptors (Lipinski definition) is 2. The molecule has 0 bridgehead atoms. The monoisotopic (exact) mass is 227 g/mol. The van der Waals surface area contributed by atoms with E-state index in [0.29, 0.717) is 17.1 Å². The van der Waals surface area contributed by atoms with Crippen LogP contribution in [0.3, 0.4) is 0 Å². The molecule has 1 aliphatic rings. The van der Waals surface area contributed by atoms with Crippen LogP contribution in [0.4, 0.5) is 0 Å². The number of fused-ring (bicyclic) bond motifs is 1. The van der Waals surface area contributed by atoms with Crippen molar-refractivity contribution in [1.29, 1.82) is 5.41 Å². The molecule has 1 aromatic heterocycles. The smallest absolute Gasteiger partial charge is 0.151 e. The van der Waals surface area contributed by atoms with Gasteiger partial charge in [-0.25, -0.2) is 4.98 Å². The normalized spacial score (nSPS) is 17.6. The average Bonchev–Trinajstić information content (AvgIpc) is 2.51. The van der Waals surface area contributed by atoms with E-state index in [1.807, 2.05) is 17.6 Å². The van der Waals surface area contributed by atoms with Crippen molar-refractivity contribution in [3.63, 3.8) is 0 Å². The van der Waals surface area contributed by atoms with Crippen LogP contribution in [0.25, 0.3) is 18.2 Å². The number of aromatic nitrogens is 2. The number of nitrogens with one attached hydrogen (secondary N) is 1. The number of nitrogens with zero attached hydrogens (tertiary/aromatic N) is 2. The molecule has 3 nitrogen and oxygen atoms in total. The fraction of sp³-hybridized carbons (Fsp3) is 0.286. The lowest BCUT2D eigenvalue weighted by Crippen LogP contribution is -2.26. The molecule has 0 spiro atoms. The van der Waals surface area contributed by atoms with E-state index >= 15 is 0 Å². The third-order valence-corrected chi connectivity index (χ3v) is 2.93. The molecule has 0 amide bonds. The van der Waals surface area contributed by atoms with Gasteiger partial charge in [0.25, 0.3) is 0 Å². The van der Waals surface area contributed by atoms with E-state index in [1.54, 1.807) is 6.08 Å². The highest BCUT2D eigenvalue weighted by molar-refractivity contribution is 5.64. The van der Waals surface area contributed by atoms with Gasteiger partial charge in [-0.15, -0.1) is 0 Å². The standard InChI is InChI=1S/C14H17N3/c1-4-11-14(15)17(5-2)13-9-7-10(3)6-8-12(13)16-11/h4,6-10,15H,1,5H2,2-3H3. The molecule has 0 fully saturated rings. The van der Waals surface area contributed by atoms with Crippen LogP contribution in [0.15, 0.2) is 18.7 Å². The summed E-state index contributed by atoms with van der Waals surface area (Å²) >= 11 is 0. The Balaban J connectivity index is 2.77. The Morgan fingerprint density at radius 2 is 2.18 bits per heavy atom. The minimum Gasteiger partial charge on any atom is -0.323 e. The van der Waals surface area contributed by atoms with Crippen molar-refractivity contribution < 1.29 is 0 Å². The predicted molar refractivity (Wildman–Crippen MR) is 71.1 cm³/mol. The summed E-state index contributed by atoms with van der Waals surface area (Å²) in [6.45, 7) is 8.65. The van der Waals surface area contributed by atoms with Crippen LogP contribution in [-0.2, 0) is 6.54 Å². The van der Waals surface area contributed by atoms with Crippen molar-refractivity contribution in [2.75, 3.05) is 0 Å². The van der Waals surface area contributed by atoms with E-state index in [0.717, 1.165) is 17.9 Å². The molecule has 0 aromatic carbocycles. The van der Waals surface area contributed by atoms with Gasteiger partial charge in [0.15, 0.2) is 5.49 Å². The highest BCUT2D eigenvalue weighted by atomic mass is 15.0. The zero-order chi connectivity index (χ0) is 12.4. The third kappa shape index (κ3) is 2.00. The summed E-state index contributed by atoms with van der Waals surface area (Å²) in [6.07, 6.45) is 9.97. The van der Waals surface area contributed by atoms with Gasteiger partial charge in [-0.3, -0.25) is 5.41 Å². The maximum absolute atomic E-state index is 8.08. The van der Waals surface area contributed by atoms with Crippen molar-refractivity contribution in [3.8, 4) is 0 Å². The number of allylic oxidation sites excluding steroid dienone is 2. The summed E-state index contributed by atoms with van der Waals surface area (Å²) < 4.78 is 1.96. The summed E-state index contributed by atoms with van der Waals surface area (Å²) in [7, 11) is 0. The predicted octanol–water partition coefficient (Wildman–Crippen LogP) is 2.70. The average molecular weight is 227 g/mol. The molecule has 0 radical (unpaired) electrons.